The Balaban J connectivity index is 1.97. The number of carbonyl (C=O) groups is 1. The van der Waals surface area contributed by atoms with E-state index in [0.29, 0.717) is 11.6 Å². The highest BCUT2D eigenvalue weighted by molar-refractivity contribution is 5.73. The Kier molecular flexibility index (Phi) is 3.19. The minimum absolute atomic E-state index is 0.515. The van der Waals surface area contributed by atoms with Gasteiger partial charge in [0.15, 0.2) is 6.29 Å². The van der Waals surface area contributed by atoms with E-state index in [4.69, 9.17) is 0 Å². The first-order valence-corrected chi connectivity index (χ1v) is 5.82. The molecule has 0 aromatic carbocycles. The quantitative estimate of drug-likeness (QED) is 0.713. The minimum atomic E-state index is 0.515. The van der Waals surface area contributed by atoms with Crippen LogP contribution in [0.1, 0.15) is 55.4 Å². The third-order valence-corrected chi connectivity index (χ3v) is 3.53. The molecule has 1 heterocycles. The molecule has 0 spiro atoms. The first-order valence-electron chi connectivity index (χ1n) is 5.82. The van der Waals surface area contributed by atoms with Crippen molar-refractivity contribution in [3.63, 3.8) is 0 Å². The zero-order chi connectivity index (χ0) is 10.7. The molecule has 0 atom stereocenters. The minimum Gasteiger partial charge on any atom is -0.298 e. The fourth-order valence-electron chi connectivity index (χ4n) is 2.43. The average Bonchev–Trinajstić information content (AvgIpc) is 2.78. The third kappa shape index (κ3) is 2.28. The van der Waals surface area contributed by atoms with Crippen LogP contribution in [0.3, 0.4) is 0 Å². The predicted molar refractivity (Wildman–Crippen MR) is 58.9 cm³/mol. The lowest BCUT2D eigenvalue weighted by atomic mass is 9.85. The van der Waals surface area contributed by atoms with Crippen molar-refractivity contribution < 1.29 is 4.79 Å². The zero-order valence-electron chi connectivity index (χ0n) is 9.22. The highest BCUT2D eigenvalue weighted by atomic mass is 16.1. The second kappa shape index (κ2) is 4.60. The van der Waals surface area contributed by atoms with Crippen LogP contribution in [0.15, 0.2) is 12.4 Å². The molecule has 1 aromatic heterocycles. The van der Waals surface area contributed by atoms with Gasteiger partial charge in [-0.05, 0) is 31.6 Å². The highest BCUT2D eigenvalue weighted by Crippen LogP contribution is 2.33. The van der Waals surface area contributed by atoms with Crippen molar-refractivity contribution in [2.45, 2.75) is 45.1 Å². The highest BCUT2D eigenvalue weighted by Gasteiger charge is 2.21. The maximum absolute atomic E-state index is 10.5. The SMILES string of the molecule is CCC1CCC(n2cc(C=O)cn2)CC1. The molecule has 1 aliphatic carbocycles. The van der Waals surface area contributed by atoms with Gasteiger partial charge in [0.1, 0.15) is 0 Å². The second-order valence-corrected chi connectivity index (χ2v) is 4.45. The van der Waals surface area contributed by atoms with Crippen molar-refractivity contribution in [2.24, 2.45) is 5.92 Å². The summed E-state index contributed by atoms with van der Waals surface area (Å²) in [6.45, 7) is 2.27. The molecule has 15 heavy (non-hydrogen) atoms. The Labute approximate surface area is 90.5 Å². The molecule has 2 rings (SSSR count). The number of aromatic nitrogens is 2. The molecular formula is C12H18N2O. The van der Waals surface area contributed by atoms with E-state index in [0.717, 1.165) is 12.2 Å². The molecular weight excluding hydrogens is 188 g/mol. The molecule has 0 aliphatic heterocycles. The molecule has 82 valence electrons. The van der Waals surface area contributed by atoms with E-state index in [1.807, 2.05) is 10.9 Å². The number of rotatable bonds is 3. The predicted octanol–water partition coefficient (Wildman–Crippen LogP) is 2.84. The van der Waals surface area contributed by atoms with Gasteiger partial charge < -0.3 is 0 Å². The summed E-state index contributed by atoms with van der Waals surface area (Å²) in [7, 11) is 0. The molecule has 1 aromatic rings. The van der Waals surface area contributed by atoms with Gasteiger partial charge in [-0.1, -0.05) is 13.3 Å². The van der Waals surface area contributed by atoms with E-state index < -0.39 is 0 Å². The number of hydrogen-bond acceptors (Lipinski definition) is 2. The van der Waals surface area contributed by atoms with Crippen molar-refractivity contribution in [1.82, 2.24) is 9.78 Å². The summed E-state index contributed by atoms with van der Waals surface area (Å²) in [6.07, 6.45) is 10.7. The zero-order valence-corrected chi connectivity index (χ0v) is 9.22. The molecule has 0 bridgehead atoms. The average molecular weight is 206 g/mol. The standard InChI is InChI=1S/C12H18N2O/c1-2-10-3-5-12(6-4-10)14-8-11(9-15)7-13-14/h7-10,12H,2-6H2,1H3. The van der Waals surface area contributed by atoms with Crippen LogP contribution in [0.4, 0.5) is 0 Å². The molecule has 0 unspecified atom stereocenters. The van der Waals surface area contributed by atoms with Gasteiger partial charge in [0, 0.05) is 6.20 Å². The number of carbonyl (C=O) groups excluding carboxylic acids is 1. The van der Waals surface area contributed by atoms with E-state index in [1.54, 1.807) is 6.20 Å². The van der Waals surface area contributed by atoms with Crippen LogP contribution in [0.2, 0.25) is 0 Å². The topological polar surface area (TPSA) is 34.9 Å². The van der Waals surface area contributed by atoms with Crippen molar-refractivity contribution in [2.75, 3.05) is 0 Å². The van der Waals surface area contributed by atoms with Crippen LogP contribution < -0.4 is 0 Å². The van der Waals surface area contributed by atoms with Gasteiger partial charge in [-0.15, -0.1) is 0 Å². The van der Waals surface area contributed by atoms with Crippen LogP contribution in [-0.2, 0) is 0 Å². The summed E-state index contributed by atoms with van der Waals surface area (Å²) in [5.41, 5.74) is 0.688. The number of nitrogens with zero attached hydrogens (tertiary/aromatic N) is 2. The fraction of sp³-hybridized carbons (Fsp3) is 0.667. The van der Waals surface area contributed by atoms with Crippen molar-refractivity contribution in [1.29, 1.82) is 0 Å². The van der Waals surface area contributed by atoms with E-state index >= 15 is 0 Å². The van der Waals surface area contributed by atoms with Gasteiger partial charge in [0.25, 0.3) is 0 Å². The van der Waals surface area contributed by atoms with Gasteiger partial charge in [0.2, 0.25) is 0 Å². The summed E-state index contributed by atoms with van der Waals surface area (Å²) in [6, 6.07) is 0.515. The van der Waals surface area contributed by atoms with Crippen molar-refractivity contribution in [3.05, 3.63) is 18.0 Å². The lowest BCUT2D eigenvalue weighted by molar-refractivity contribution is 0.112. The second-order valence-electron chi connectivity index (χ2n) is 4.45. The molecule has 3 nitrogen and oxygen atoms in total. The van der Waals surface area contributed by atoms with Crippen LogP contribution >= 0.6 is 0 Å². The number of hydrogen-bond donors (Lipinski definition) is 0. The Morgan fingerprint density at radius 2 is 2.20 bits per heavy atom. The lowest BCUT2D eigenvalue weighted by Crippen LogP contribution is -2.18. The maximum atomic E-state index is 10.5. The maximum Gasteiger partial charge on any atom is 0.153 e. The summed E-state index contributed by atoms with van der Waals surface area (Å²) in [4.78, 5) is 10.5. The first-order chi connectivity index (χ1) is 7.33. The monoisotopic (exact) mass is 206 g/mol. The van der Waals surface area contributed by atoms with E-state index in [9.17, 15) is 4.79 Å². The largest absolute Gasteiger partial charge is 0.298 e. The Morgan fingerprint density at radius 3 is 2.73 bits per heavy atom. The van der Waals surface area contributed by atoms with Crippen molar-refractivity contribution >= 4 is 6.29 Å². The normalized spacial score (nSPS) is 26.5. The molecule has 3 heteroatoms. The summed E-state index contributed by atoms with van der Waals surface area (Å²) >= 11 is 0. The Hall–Kier alpha value is -1.12. The van der Waals surface area contributed by atoms with Gasteiger partial charge in [-0.3, -0.25) is 9.48 Å². The fourth-order valence-corrected chi connectivity index (χ4v) is 2.43. The van der Waals surface area contributed by atoms with E-state index in [-0.39, 0.29) is 0 Å². The smallest absolute Gasteiger partial charge is 0.153 e. The van der Waals surface area contributed by atoms with Crippen LogP contribution in [0.5, 0.6) is 0 Å². The molecule has 1 fully saturated rings. The molecule has 1 saturated carbocycles. The summed E-state index contributed by atoms with van der Waals surface area (Å²) < 4.78 is 1.97. The van der Waals surface area contributed by atoms with Crippen molar-refractivity contribution in [3.8, 4) is 0 Å². The van der Waals surface area contributed by atoms with E-state index in [1.165, 1.54) is 32.1 Å². The molecule has 0 saturated heterocycles. The first kappa shape index (κ1) is 10.4. The van der Waals surface area contributed by atoms with Gasteiger partial charge in [-0.25, -0.2) is 0 Å². The molecule has 0 radical (unpaired) electrons. The summed E-state index contributed by atoms with van der Waals surface area (Å²) in [5.74, 6) is 0.905. The van der Waals surface area contributed by atoms with Crippen LogP contribution in [0.25, 0.3) is 0 Å². The molecule has 0 N–H and O–H groups in total. The van der Waals surface area contributed by atoms with Gasteiger partial charge in [0.05, 0.1) is 17.8 Å². The third-order valence-electron chi connectivity index (χ3n) is 3.53. The van der Waals surface area contributed by atoms with Gasteiger partial charge in [-0.2, -0.15) is 5.10 Å². The van der Waals surface area contributed by atoms with Gasteiger partial charge >= 0.3 is 0 Å². The summed E-state index contributed by atoms with van der Waals surface area (Å²) in [5, 5.41) is 4.25. The molecule has 1 aliphatic rings. The molecule has 0 amide bonds. The van der Waals surface area contributed by atoms with E-state index in [2.05, 4.69) is 12.0 Å². The lowest BCUT2D eigenvalue weighted by Gasteiger charge is -2.27. The van der Waals surface area contributed by atoms with Crippen LogP contribution in [0, 0.1) is 5.92 Å². The Morgan fingerprint density at radius 1 is 1.47 bits per heavy atom. The number of aldehydes is 1. The van der Waals surface area contributed by atoms with Crippen LogP contribution in [-0.4, -0.2) is 16.1 Å². The Bertz CT molecular complexity index is 324.